The van der Waals surface area contributed by atoms with E-state index in [1.165, 1.54) is 0 Å². The molecule has 0 N–H and O–H groups in total. The molecule has 0 saturated carbocycles. The minimum Gasteiger partial charge on any atom is -0.296 e. The molecule has 37 heavy (non-hydrogen) atoms. The number of hydrogen-bond acceptors (Lipinski definition) is 0. The predicted octanol–water partition coefficient (Wildman–Crippen LogP) is 7.49. The molecule has 0 amide bonds. The molecule has 176 valence electrons. The zero-order valence-electron chi connectivity index (χ0n) is 20.9. The Bertz CT molecular complexity index is 1120. The van der Waals surface area contributed by atoms with Crippen molar-refractivity contribution in [3.05, 3.63) is 171 Å². The Hall–Kier alpha value is -4.52. The molecule has 4 aromatic carbocycles. The first kappa shape index (κ1) is 32.5. The van der Waals surface area contributed by atoms with E-state index in [9.17, 15) is 0 Å². The minimum atomic E-state index is 0. The summed E-state index contributed by atoms with van der Waals surface area (Å²) in [7, 11) is 0. The van der Waals surface area contributed by atoms with Gasteiger partial charge < -0.3 is 0 Å². The molecule has 0 bridgehead atoms. The third-order valence-electron chi connectivity index (χ3n) is 4.03. The van der Waals surface area contributed by atoms with Crippen LogP contribution in [0.4, 0.5) is 0 Å². The van der Waals surface area contributed by atoms with Crippen LogP contribution in [-0.4, -0.2) is 0 Å². The van der Waals surface area contributed by atoms with Gasteiger partial charge in [-0.15, -0.1) is 0 Å². The normalized spacial score (nSPS) is 7.35. The molecule has 0 heterocycles. The topological polar surface area (TPSA) is 0 Å². The van der Waals surface area contributed by atoms with Crippen LogP contribution in [0.1, 0.15) is 22.3 Å². The van der Waals surface area contributed by atoms with Crippen molar-refractivity contribution in [1.82, 2.24) is 0 Å². The molecule has 4 aromatic rings. The van der Waals surface area contributed by atoms with Crippen LogP contribution in [-0.2, 0) is 26.2 Å². The van der Waals surface area contributed by atoms with E-state index in [0.29, 0.717) is 0 Å². The summed E-state index contributed by atoms with van der Waals surface area (Å²) >= 11 is 0. The van der Waals surface area contributed by atoms with E-state index < -0.39 is 0 Å². The van der Waals surface area contributed by atoms with Crippen molar-refractivity contribution in [2.24, 2.45) is 0 Å². The van der Waals surface area contributed by atoms with Crippen molar-refractivity contribution in [3.8, 4) is 47.4 Å². The zero-order chi connectivity index (χ0) is 26.1. The van der Waals surface area contributed by atoms with Crippen molar-refractivity contribution in [2.45, 2.75) is 0 Å². The molecule has 0 aliphatic carbocycles. The summed E-state index contributed by atoms with van der Waals surface area (Å²) in [5.74, 6) is 21.7. The third kappa shape index (κ3) is 17.6. The van der Waals surface area contributed by atoms with Crippen molar-refractivity contribution in [1.29, 1.82) is 0 Å². The van der Waals surface area contributed by atoms with Crippen molar-refractivity contribution in [2.75, 3.05) is 0 Å². The van der Waals surface area contributed by atoms with E-state index in [-0.39, 0.29) is 26.2 Å². The Morgan fingerprint density at radius 1 is 0.297 bits per heavy atom. The maximum Gasteiger partial charge on any atom is 4.00 e. The predicted molar refractivity (Wildman–Crippen MR) is 155 cm³/mol. The Balaban J connectivity index is 0.000000463. The van der Waals surface area contributed by atoms with E-state index in [4.69, 9.17) is 0 Å². The SMILES string of the molecule is [CH2-]C#Cc1ccccc1.[CH2-]C#Cc1ccccc1.[CH2-]C#Cc1ccccc1.[CH2-]C#Cc1ccccc1.[Zr+4]. The van der Waals surface area contributed by atoms with Gasteiger partial charge in [0.05, 0.1) is 0 Å². The number of hydrogen-bond donors (Lipinski definition) is 0. The maximum absolute atomic E-state index is 3.42. The second-order valence-electron chi connectivity index (χ2n) is 6.67. The van der Waals surface area contributed by atoms with E-state index in [1.54, 1.807) is 0 Å². The van der Waals surface area contributed by atoms with Gasteiger partial charge in [0.25, 0.3) is 0 Å². The van der Waals surface area contributed by atoms with Crippen LogP contribution in [0.3, 0.4) is 0 Å². The molecule has 4 rings (SSSR count). The molecule has 0 saturated heterocycles. The molecule has 0 aliphatic rings. The van der Waals surface area contributed by atoms with Crippen LogP contribution in [0.25, 0.3) is 0 Å². The fourth-order valence-electron chi connectivity index (χ4n) is 2.49. The van der Waals surface area contributed by atoms with Crippen LogP contribution < -0.4 is 0 Å². The average molecular weight is 552 g/mol. The van der Waals surface area contributed by atoms with Gasteiger partial charge in [-0.2, -0.15) is 27.7 Å². The Morgan fingerprint density at radius 3 is 0.595 bits per heavy atom. The Labute approximate surface area is 243 Å². The van der Waals surface area contributed by atoms with Gasteiger partial charge in [0, 0.05) is 0 Å². The van der Waals surface area contributed by atoms with Crippen LogP contribution >= 0.6 is 0 Å². The Kier molecular flexibility index (Phi) is 20.4. The molecule has 0 radical (unpaired) electrons. The quantitative estimate of drug-likeness (QED) is 0.157. The van der Waals surface area contributed by atoms with Crippen LogP contribution in [0.5, 0.6) is 0 Å². The second-order valence-corrected chi connectivity index (χ2v) is 6.67. The molecule has 0 unspecified atom stereocenters. The van der Waals surface area contributed by atoms with Crippen LogP contribution in [0.15, 0.2) is 121 Å². The van der Waals surface area contributed by atoms with Gasteiger partial charge in [-0.05, 0) is 0 Å². The molecular formula is C36H28Zr. The summed E-state index contributed by atoms with van der Waals surface area (Å²) in [6.07, 6.45) is 0. The summed E-state index contributed by atoms with van der Waals surface area (Å²) in [6, 6.07) is 39.2. The van der Waals surface area contributed by atoms with E-state index in [1.807, 2.05) is 121 Å². The van der Waals surface area contributed by atoms with Gasteiger partial charge in [-0.3, -0.25) is 47.4 Å². The van der Waals surface area contributed by atoms with E-state index >= 15 is 0 Å². The summed E-state index contributed by atoms with van der Waals surface area (Å²) in [6.45, 7) is 13.7. The summed E-state index contributed by atoms with van der Waals surface area (Å²) in [5.41, 5.74) is 4.08. The van der Waals surface area contributed by atoms with E-state index in [0.717, 1.165) is 22.3 Å². The van der Waals surface area contributed by atoms with Gasteiger partial charge in [-0.1, -0.05) is 144 Å². The summed E-state index contributed by atoms with van der Waals surface area (Å²) in [4.78, 5) is 0. The van der Waals surface area contributed by atoms with Gasteiger partial charge >= 0.3 is 26.2 Å². The minimum absolute atomic E-state index is 0. The van der Waals surface area contributed by atoms with Crippen molar-refractivity contribution in [3.63, 3.8) is 0 Å². The third-order valence-corrected chi connectivity index (χ3v) is 4.03. The molecule has 0 spiro atoms. The first-order chi connectivity index (χ1) is 17.7. The van der Waals surface area contributed by atoms with Gasteiger partial charge in [0.15, 0.2) is 0 Å². The van der Waals surface area contributed by atoms with Gasteiger partial charge in [0.1, 0.15) is 0 Å². The number of benzene rings is 4. The van der Waals surface area contributed by atoms with E-state index in [2.05, 4.69) is 75.1 Å². The summed E-state index contributed by atoms with van der Waals surface area (Å²) in [5, 5.41) is 0. The smallest absolute Gasteiger partial charge is 0.296 e. The molecule has 0 nitrogen and oxygen atoms in total. The molecule has 0 aromatic heterocycles. The fraction of sp³-hybridized carbons (Fsp3) is 0. The first-order valence-corrected chi connectivity index (χ1v) is 11.1. The second kappa shape index (κ2) is 23.2. The van der Waals surface area contributed by atoms with Crippen molar-refractivity contribution < 1.29 is 26.2 Å². The molecule has 0 aliphatic heterocycles. The van der Waals surface area contributed by atoms with Gasteiger partial charge in [0.2, 0.25) is 0 Å². The zero-order valence-corrected chi connectivity index (χ0v) is 23.3. The van der Waals surface area contributed by atoms with Gasteiger partial charge in [-0.25, -0.2) is 0 Å². The average Bonchev–Trinajstić information content (AvgIpc) is 2.93. The van der Waals surface area contributed by atoms with Crippen molar-refractivity contribution >= 4 is 0 Å². The maximum atomic E-state index is 3.42. The monoisotopic (exact) mass is 550 g/mol. The first-order valence-electron chi connectivity index (χ1n) is 11.1. The molecule has 0 atom stereocenters. The molecular weight excluding hydrogens is 524 g/mol. The number of rotatable bonds is 0. The van der Waals surface area contributed by atoms with Crippen LogP contribution in [0, 0.1) is 75.1 Å². The Morgan fingerprint density at radius 2 is 0.459 bits per heavy atom. The standard InChI is InChI=1S/4C9H7.Zr/c4*1-2-6-9-7-4-3-5-8-9;/h4*3-5,7-8H,1H2;/q4*-1;+4. The molecule has 0 fully saturated rings. The fourth-order valence-corrected chi connectivity index (χ4v) is 2.49. The molecule has 1 heteroatoms. The van der Waals surface area contributed by atoms with Crippen LogP contribution in [0.2, 0.25) is 0 Å². The largest absolute Gasteiger partial charge is 4.00 e. The summed E-state index contributed by atoms with van der Waals surface area (Å²) < 4.78 is 0.